The molecule has 32 heavy (non-hydrogen) atoms. The number of hydrogen-bond acceptors (Lipinski definition) is 6. The fourth-order valence-electron chi connectivity index (χ4n) is 3.36. The topological polar surface area (TPSA) is 109 Å². The number of benzene rings is 2. The minimum atomic E-state index is -0.900. The SMILES string of the molecule is CC(Oc1ccc(C#N)cc1)C(=O)OCC(=O)N1CCC(C(=O)Nc2ccccc2)CC1. The largest absolute Gasteiger partial charge is 0.479 e. The Hall–Kier alpha value is -3.86. The summed E-state index contributed by atoms with van der Waals surface area (Å²) in [6.07, 6.45) is 0.204. The number of likely N-dealkylation sites (tertiary alicyclic amines) is 1. The lowest BCUT2D eigenvalue weighted by molar-refractivity contribution is -0.157. The third-order valence-corrected chi connectivity index (χ3v) is 5.23. The number of anilines is 1. The smallest absolute Gasteiger partial charge is 0.347 e. The minimum Gasteiger partial charge on any atom is -0.479 e. The lowest BCUT2D eigenvalue weighted by Gasteiger charge is -2.31. The highest BCUT2D eigenvalue weighted by molar-refractivity contribution is 5.92. The van der Waals surface area contributed by atoms with Gasteiger partial charge in [-0.3, -0.25) is 9.59 Å². The highest BCUT2D eigenvalue weighted by Crippen LogP contribution is 2.20. The predicted molar refractivity (Wildman–Crippen MR) is 117 cm³/mol. The standard InChI is InChI=1S/C24H25N3O5/c1-17(32-21-9-7-18(15-25)8-10-21)24(30)31-16-22(28)27-13-11-19(12-14-27)23(29)26-20-5-3-2-4-6-20/h2-10,17,19H,11-14,16H2,1H3,(H,26,29). The monoisotopic (exact) mass is 435 g/mol. The molecule has 0 aromatic heterocycles. The van der Waals surface area contributed by atoms with Gasteiger partial charge in [0.1, 0.15) is 5.75 Å². The van der Waals surface area contributed by atoms with E-state index in [0.29, 0.717) is 37.2 Å². The number of amides is 2. The molecule has 2 amide bonds. The molecular formula is C24H25N3O5. The summed E-state index contributed by atoms with van der Waals surface area (Å²) in [6, 6.07) is 17.6. The van der Waals surface area contributed by atoms with Crippen LogP contribution in [0.15, 0.2) is 54.6 Å². The third-order valence-electron chi connectivity index (χ3n) is 5.23. The van der Waals surface area contributed by atoms with Crippen LogP contribution in [-0.4, -0.2) is 48.5 Å². The summed E-state index contributed by atoms with van der Waals surface area (Å²) < 4.78 is 10.6. The number of esters is 1. The van der Waals surface area contributed by atoms with E-state index in [1.807, 2.05) is 36.4 Å². The Labute approximate surface area is 186 Å². The fraction of sp³-hybridized carbons (Fsp3) is 0.333. The average molecular weight is 435 g/mol. The highest BCUT2D eigenvalue weighted by Gasteiger charge is 2.28. The van der Waals surface area contributed by atoms with Crippen LogP contribution in [-0.2, 0) is 19.1 Å². The summed E-state index contributed by atoms with van der Waals surface area (Å²) in [5.41, 5.74) is 1.24. The van der Waals surface area contributed by atoms with E-state index in [4.69, 9.17) is 14.7 Å². The van der Waals surface area contributed by atoms with Gasteiger partial charge in [-0.2, -0.15) is 5.26 Å². The van der Waals surface area contributed by atoms with Gasteiger partial charge in [0.05, 0.1) is 11.6 Å². The molecule has 1 unspecified atom stereocenters. The molecule has 2 aromatic rings. The summed E-state index contributed by atoms with van der Waals surface area (Å²) in [5.74, 6) is -0.743. The molecule has 1 atom stereocenters. The van der Waals surface area contributed by atoms with Crippen molar-refractivity contribution in [3.05, 3.63) is 60.2 Å². The average Bonchev–Trinajstić information content (AvgIpc) is 2.83. The van der Waals surface area contributed by atoms with Gasteiger partial charge in [0.15, 0.2) is 12.7 Å². The number of piperidine rings is 1. The Morgan fingerprint density at radius 3 is 2.38 bits per heavy atom. The Morgan fingerprint density at radius 1 is 1.09 bits per heavy atom. The number of carbonyl (C=O) groups excluding carboxylic acids is 3. The van der Waals surface area contributed by atoms with E-state index in [-0.39, 0.29) is 24.3 Å². The Kier molecular flexibility index (Phi) is 7.81. The van der Waals surface area contributed by atoms with Gasteiger partial charge in [0.2, 0.25) is 5.91 Å². The van der Waals surface area contributed by atoms with Crippen molar-refractivity contribution in [1.82, 2.24) is 4.90 Å². The van der Waals surface area contributed by atoms with Gasteiger partial charge >= 0.3 is 5.97 Å². The number of ether oxygens (including phenoxy) is 2. The van der Waals surface area contributed by atoms with Crippen molar-refractivity contribution in [2.45, 2.75) is 25.9 Å². The number of nitriles is 1. The fourth-order valence-corrected chi connectivity index (χ4v) is 3.36. The van der Waals surface area contributed by atoms with Gasteiger partial charge < -0.3 is 19.7 Å². The number of carbonyl (C=O) groups is 3. The van der Waals surface area contributed by atoms with Gasteiger partial charge in [0, 0.05) is 24.7 Å². The Balaban J connectivity index is 1.39. The summed E-state index contributed by atoms with van der Waals surface area (Å²) in [5, 5.41) is 11.7. The van der Waals surface area contributed by atoms with Crippen LogP contribution >= 0.6 is 0 Å². The first-order chi connectivity index (χ1) is 15.5. The van der Waals surface area contributed by atoms with Crippen molar-refractivity contribution in [2.24, 2.45) is 5.92 Å². The molecule has 1 aliphatic heterocycles. The maximum atomic E-state index is 12.4. The minimum absolute atomic E-state index is 0.0523. The molecule has 1 N–H and O–H groups in total. The zero-order chi connectivity index (χ0) is 22.9. The number of nitrogens with zero attached hydrogens (tertiary/aromatic N) is 2. The van der Waals surface area contributed by atoms with Gasteiger partial charge in [0.25, 0.3) is 5.91 Å². The van der Waals surface area contributed by atoms with Gasteiger partial charge in [-0.15, -0.1) is 0 Å². The van der Waals surface area contributed by atoms with E-state index < -0.39 is 12.1 Å². The normalized spacial score (nSPS) is 14.7. The molecular weight excluding hydrogens is 410 g/mol. The number of para-hydroxylation sites is 1. The van der Waals surface area contributed by atoms with E-state index in [1.165, 1.54) is 6.92 Å². The number of hydrogen-bond donors (Lipinski definition) is 1. The molecule has 1 fully saturated rings. The van der Waals surface area contributed by atoms with Crippen molar-refractivity contribution < 1.29 is 23.9 Å². The molecule has 2 aromatic carbocycles. The van der Waals surface area contributed by atoms with Gasteiger partial charge in [-0.25, -0.2) is 4.79 Å². The first-order valence-electron chi connectivity index (χ1n) is 10.4. The number of rotatable bonds is 7. The van der Waals surface area contributed by atoms with Crippen LogP contribution < -0.4 is 10.1 Å². The Morgan fingerprint density at radius 2 is 1.75 bits per heavy atom. The van der Waals surface area contributed by atoms with Crippen molar-refractivity contribution in [2.75, 3.05) is 25.0 Å². The van der Waals surface area contributed by atoms with Crippen LogP contribution in [0.5, 0.6) is 5.75 Å². The molecule has 0 bridgehead atoms. The quantitative estimate of drug-likeness (QED) is 0.670. The molecule has 8 nitrogen and oxygen atoms in total. The maximum absolute atomic E-state index is 12.4. The van der Waals surface area contributed by atoms with Crippen LogP contribution in [0.3, 0.4) is 0 Å². The lowest BCUT2D eigenvalue weighted by Crippen LogP contribution is -2.43. The second kappa shape index (κ2) is 11.0. The van der Waals surface area contributed by atoms with E-state index in [0.717, 1.165) is 5.69 Å². The highest BCUT2D eigenvalue weighted by atomic mass is 16.6. The van der Waals surface area contributed by atoms with Crippen molar-refractivity contribution in [3.8, 4) is 11.8 Å². The first kappa shape index (κ1) is 22.8. The van der Waals surface area contributed by atoms with E-state index in [1.54, 1.807) is 29.2 Å². The van der Waals surface area contributed by atoms with Crippen LogP contribution in [0.25, 0.3) is 0 Å². The zero-order valence-corrected chi connectivity index (χ0v) is 17.8. The maximum Gasteiger partial charge on any atom is 0.347 e. The van der Waals surface area contributed by atoms with Gasteiger partial charge in [-0.05, 0) is 56.2 Å². The van der Waals surface area contributed by atoms with Gasteiger partial charge in [-0.1, -0.05) is 18.2 Å². The molecule has 0 saturated carbocycles. The summed E-state index contributed by atoms with van der Waals surface area (Å²) in [7, 11) is 0. The second-order valence-corrected chi connectivity index (χ2v) is 7.51. The van der Waals surface area contributed by atoms with Crippen molar-refractivity contribution in [3.63, 3.8) is 0 Å². The second-order valence-electron chi connectivity index (χ2n) is 7.51. The molecule has 0 aliphatic carbocycles. The van der Waals surface area contributed by atoms with Crippen LogP contribution in [0.2, 0.25) is 0 Å². The summed E-state index contributed by atoms with van der Waals surface area (Å²) in [4.78, 5) is 38.6. The molecule has 1 saturated heterocycles. The van der Waals surface area contributed by atoms with E-state index in [9.17, 15) is 14.4 Å². The molecule has 3 rings (SSSR count). The van der Waals surface area contributed by atoms with Crippen LogP contribution in [0.4, 0.5) is 5.69 Å². The first-order valence-corrected chi connectivity index (χ1v) is 10.4. The molecule has 0 radical (unpaired) electrons. The molecule has 8 heteroatoms. The summed E-state index contributed by atoms with van der Waals surface area (Å²) >= 11 is 0. The van der Waals surface area contributed by atoms with Crippen molar-refractivity contribution in [1.29, 1.82) is 5.26 Å². The lowest BCUT2D eigenvalue weighted by atomic mass is 9.95. The molecule has 1 aliphatic rings. The van der Waals surface area contributed by atoms with E-state index >= 15 is 0 Å². The third kappa shape index (κ3) is 6.32. The predicted octanol–water partition coefficient (Wildman–Crippen LogP) is 2.75. The van der Waals surface area contributed by atoms with Crippen molar-refractivity contribution >= 4 is 23.5 Å². The van der Waals surface area contributed by atoms with Crippen LogP contribution in [0.1, 0.15) is 25.3 Å². The molecule has 166 valence electrons. The molecule has 0 spiro atoms. The summed E-state index contributed by atoms with van der Waals surface area (Å²) in [6.45, 7) is 2.02. The number of nitrogens with one attached hydrogen (secondary N) is 1. The Bertz CT molecular complexity index is 977. The molecule has 1 heterocycles. The zero-order valence-electron chi connectivity index (χ0n) is 17.8. The van der Waals surface area contributed by atoms with E-state index in [2.05, 4.69) is 5.32 Å². The van der Waals surface area contributed by atoms with Crippen LogP contribution in [0, 0.1) is 17.2 Å².